The van der Waals surface area contributed by atoms with Gasteiger partial charge in [0, 0.05) is 0 Å². The average molecular weight is 148 g/mol. The van der Waals surface area contributed by atoms with Crippen LogP contribution in [0, 0.1) is 0 Å². The molecule has 0 saturated heterocycles. The first kappa shape index (κ1) is 6.02. The van der Waals surface area contributed by atoms with Crippen LogP contribution >= 0.6 is 0 Å². The minimum absolute atomic E-state index is 0.782. The molecule has 1 radical (unpaired) electrons. The van der Waals surface area contributed by atoms with Crippen LogP contribution in [0.3, 0.4) is 0 Å². The van der Waals surface area contributed by atoms with Crippen molar-refractivity contribution >= 4 is 22.6 Å². The van der Waals surface area contributed by atoms with Gasteiger partial charge in [-0.3, -0.25) is 5.32 Å². The van der Waals surface area contributed by atoms with E-state index < -0.39 is 16.2 Å². The van der Waals surface area contributed by atoms with Crippen molar-refractivity contribution in [3.63, 3.8) is 0 Å². The summed E-state index contributed by atoms with van der Waals surface area (Å²) in [7, 11) is -3.85. The van der Waals surface area contributed by atoms with Gasteiger partial charge >= 0.3 is 16.2 Å². The van der Waals surface area contributed by atoms with Gasteiger partial charge < -0.3 is 0 Å². The maximum Gasteiger partial charge on any atom is 0.369 e. The number of carbonyl (C=O) groups is 1. The lowest BCUT2D eigenvalue weighted by molar-refractivity contribution is 0.249. The van der Waals surface area contributed by atoms with Gasteiger partial charge in [-0.25, -0.2) is 4.79 Å². The molecule has 9 heavy (non-hydrogen) atoms. The molecule has 0 aliphatic carbocycles. The average Bonchev–Trinajstić information content (AvgIpc) is 1.60. The third kappa shape index (κ3) is 1.39. The molecule has 1 rings (SSSR count). The third-order valence-electron chi connectivity index (χ3n) is 0.572. The summed E-state index contributed by atoms with van der Waals surface area (Å²) in [5.41, 5.74) is 0. The topological polar surface area (TPSA) is 89.7 Å². The molecule has 0 aromatic carbocycles. The summed E-state index contributed by atoms with van der Waals surface area (Å²) in [4.78, 5) is 10.1. The number of nitrogens with zero attached hydrogens (tertiary/aromatic N) is 2. The van der Waals surface area contributed by atoms with Gasteiger partial charge in [0.1, 0.15) is 6.34 Å². The summed E-state index contributed by atoms with van der Waals surface area (Å²) in [6.07, 6.45) is 0.782. The van der Waals surface area contributed by atoms with Gasteiger partial charge in [0.05, 0.1) is 0 Å². The van der Waals surface area contributed by atoms with Crippen molar-refractivity contribution in [2.75, 3.05) is 0 Å². The molecule has 6 nitrogen and oxygen atoms in total. The van der Waals surface area contributed by atoms with E-state index in [0.29, 0.717) is 0 Å². The summed E-state index contributed by atoms with van der Waals surface area (Å²) < 4.78 is 26.0. The Hall–Kier alpha value is -1.11. The van der Waals surface area contributed by atoms with Crippen molar-refractivity contribution in [2.45, 2.75) is 0 Å². The largest absolute Gasteiger partial charge is 0.369 e. The Kier molecular flexibility index (Phi) is 1.13. The normalized spacial score (nSPS) is 22.4. The van der Waals surface area contributed by atoms with E-state index in [1.54, 1.807) is 0 Å². The Labute approximate surface area is 51.2 Å². The summed E-state index contributed by atoms with van der Waals surface area (Å²) in [6, 6.07) is -0.912. The highest BCUT2D eigenvalue weighted by Gasteiger charge is 2.18. The van der Waals surface area contributed by atoms with E-state index in [9.17, 15) is 13.2 Å². The Balaban J connectivity index is 2.97. The zero-order valence-corrected chi connectivity index (χ0v) is 4.92. The van der Waals surface area contributed by atoms with E-state index in [1.807, 2.05) is 5.32 Å². The molecular formula is C2H2N3O3S. The van der Waals surface area contributed by atoms with Crippen LogP contribution in [0.1, 0.15) is 0 Å². The number of urea groups is 1. The first-order valence-electron chi connectivity index (χ1n) is 1.92. The van der Waals surface area contributed by atoms with E-state index >= 15 is 0 Å². The lowest BCUT2D eigenvalue weighted by atomic mass is 11.0. The third-order valence-corrected chi connectivity index (χ3v) is 1.34. The molecule has 0 spiro atoms. The lowest BCUT2D eigenvalue weighted by Gasteiger charge is -2.01. The van der Waals surface area contributed by atoms with Crippen LogP contribution in [0.15, 0.2) is 4.40 Å². The van der Waals surface area contributed by atoms with Crippen molar-refractivity contribution in [1.29, 1.82) is 0 Å². The van der Waals surface area contributed by atoms with Gasteiger partial charge in [-0.1, -0.05) is 4.72 Å². The van der Waals surface area contributed by atoms with E-state index in [0.717, 1.165) is 6.34 Å². The fourth-order valence-electron chi connectivity index (χ4n) is 0.303. The molecule has 7 heteroatoms. The molecule has 2 amide bonds. The molecule has 49 valence electrons. The molecule has 0 unspecified atom stereocenters. The minimum atomic E-state index is -3.85. The zero-order chi connectivity index (χ0) is 6.91. The highest BCUT2D eigenvalue weighted by molar-refractivity contribution is 7.88. The monoisotopic (exact) mass is 148 g/mol. The second-order valence-corrected chi connectivity index (χ2v) is 2.51. The Morgan fingerprint density at radius 1 is 1.56 bits per heavy atom. The number of hydrogen-bond donors (Lipinski definition) is 1. The summed E-state index contributed by atoms with van der Waals surface area (Å²) in [5.74, 6) is 0. The number of rotatable bonds is 0. The molecule has 0 saturated carbocycles. The molecule has 0 aromatic heterocycles. The van der Waals surface area contributed by atoms with Crippen LogP contribution in [0.2, 0.25) is 0 Å². The first-order chi connectivity index (χ1) is 4.10. The van der Waals surface area contributed by atoms with Crippen molar-refractivity contribution in [3.05, 3.63) is 0 Å². The summed E-state index contributed by atoms with van der Waals surface area (Å²) in [6.45, 7) is 0. The van der Waals surface area contributed by atoms with Gasteiger partial charge in [0.25, 0.3) is 0 Å². The second-order valence-electron chi connectivity index (χ2n) is 1.22. The molecule has 1 aliphatic rings. The maximum absolute atomic E-state index is 10.2. The summed E-state index contributed by atoms with van der Waals surface area (Å²) >= 11 is 0. The lowest BCUT2D eigenvalue weighted by Crippen LogP contribution is -2.36. The van der Waals surface area contributed by atoms with Crippen LogP contribution in [-0.4, -0.2) is 20.8 Å². The molecule has 0 fully saturated rings. The fraction of sp³-hybridized carbons (Fsp3) is 0. The van der Waals surface area contributed by atoms with Gasteiger partial charge in [-0.15, -0.1) is 4.40 Å². The maximum atomic E-state index is 10.2. The van der Waals surface area contributed by atoms with Crippen LogP contribution in [-0.2, 0) is 10.2 Å². The smallest absolute Gasteiger partial charge is 0.295 e. The molecule has 0 atom stereocenters. The SMILES string of the molecule is O=C1[N]S(=O)(=O)N=CN1. The van der Waals surface area contributed by atoms with E-state index in [4.69, 9.17) is 0 Å². The molecule has 1 aliphatic heterocycles. The van der Waals surface area contributed by atoms with E-state index in [2.05, 4.69) is 9.12 Å². The van der Waals surface area contributed by atoms with Crippen LogP contribution in [0.5, 0.6) is 0 Å². The minimum Gasteiger partial charge on any atom is -0.295 e. The molecule has 1 N–H and O–H groups in total. The predicted molar refractivity (Wildman–Crippen MR) is 28.1 cm³/mol. The Bertz CT molecular complexity index is 252. The van der Waals surface area contributed by atoms with Gasteiger partial charge in [-0.2, -0.15) is 8.42 Å². The molecule has 0 bridgehead atoms. The van der Waals surface area contributed by atoms with Crippen molar-refractivity contribution < 1.29 is 13.2 Å². The Morgan fingerprint density at radius 3 is 2.56 bits per heavy atom. The number of nitrogens with one attached hydrogen (secondary N) is 1. The van der Waals surface area contributed by atoms with Crippen molar-refractivity contribution in [3.8, 4) is 0 Å². The van der Waals surface area contributed by atoms with Crippen LogP contribution < -0.4 is 10.0 Å². The molecule has 1 heterocycles. The van der Waals surface area contributed by atoms with E-state index in [-0.39, 0.29) is 0 Å². The molecule has 0 aromatic rings. The van der Waals surface area contributed by atoms with Crippen LogP contribution in [0.25, 0.3) is 0 Å². The number of carbonyl (C=O) groups excluding carboxylic acids is 1. The first-order valence-corrected chi connectivity index (χ1v) is 3.32. The quantitative estimate of drug-likeness (QED) is 0.457. The van der Waals surface area contributed by atoms with E-state index in [1.165, 1.54) is 0 Å². The zero-order valence-electron chi connectivity index (χ0n) is 4.10. The number of hydrogen-bond acceptors (Lipinski definition) is 3. The molecular weight excluding hydrogens is 146 g/mol. The standard InChI is InChI=1S/C2H2N3O3S/c6-2-3-1-4-9(7,8)5-2/h1H,(H,3,4,6). The van der Waals surface area contributed by atoms with Gasteiger partial charge in [0.2, 0.25) is 0 Å². The van der Waals surface area contributed by atoms with Gasteiger partial charge in [-0.05, 0) is 0 Å². The fourth-order valence-corrected chi connectivity index (χ4v) is 0.798. The van der Waals surface area contributed by atoms with Crippen molar-refractivity contribution in [1.82, 2.24) is 10.0 Å². The van der Waals surface area contributed by atoms with Crippen LogP contribution in [0.4, 0.5) is 4.79 Å². The highest BCUT2D eigenvalue weighted by Crippen LogP contribution is 1.89. The predicted octanol–water partition coefficient (Wildman–Crippen LogP) is -1.41. The Morgan fingerprint density at radius 2 is 2.22 bits per heavy atom. The highest BCUT2D eigenvalue weighted by atomic mass is 32.2. The van der Waals surface area contributed by atoms with Crippen molar-refractivity contribution in [2.24, 2.45) is 4.40 Å². The second kappa shape index (κ2) is 1.69. The van der Waals surface area contributed by atoms with Gasteiger partial charge in [0.15, 0.2) is 0 Å². The number of amides is 2. The summed E-state index contributed by atoms with van der Waals surface area (Å²) in [5, 5.41) is 1.96.